The number of rotatable bonds is 6. The first-order chi connectivity index (χ1) is 12.2. The summed E-state index contributed by atoms with van der Waals surface area (Å²) < 4.78 is 28.0. The largest absolute Gasteiger partial charge is 0.350 e. The molecule has 1 unspecified atom stereocenters. The van der Waals surface area contributed by atoms with E-state index in [-0.39, 0.29) is 12.1 Å². The lowest BCUT2D eigenvalue weighted by molar-refractivity contribution is -0.385. The quantitative estimate of drug-likeness (QED) is 0.596. The summed E-state index contributed by atoms with van der Waals surface area (Å²) in [7, 11) is 3.14. The summed E-state index contributed by atoms with van der Waals surface area (Å²) in [4.78, 5) is 37.5. The summed E-state index contributed by atoms with van der Waals surface area (Å²) in [6, 6.07) is 3.41. The highest BCUT2D eigenvalue weighted by Gasteiger charge is 2.24. The lowest BCUT2D eigenvalue weighted by Crippen LogP contribution is -2.37. The molecule has 8 nitrogen and oxygen atoms in total. The number of aromatic amines is 1. The first-order valence-corrected chi connectivity index (χ1v) is 7.48. The van der Waals surface area contributed by atoms with Crippen molar-refractivity contribution in [3.63, 3.8) is 0 Å². The van der Waals surface area contributed by atoms with Crippen molar-refractivity contribution in [3.8, 4) is 0 Å². The average Bonchev–Trinajstić information content (AvgIpc) is 2.57. The van der Waals surface area contributed by atoms with Crippen LogP contribution in [0.15, 0.2) is 35.3 Å². The Morgan fingerprint density at radius 1 is 1.35 bits per heavy atom. The van der Waals surface area contributed by atoms with Gasteiger partial charge in [0, 0.05) is 18.2 Å². The third-order valence-corrected chi connectivity index (χ3v) is 3.76. The fraction of sp³-hybridized carbons (Fsp3) is 0.250. The summed E-state index contributed by atoms with van der Waals surface area (Å²) in [6.45, 7) is -0.216. The van der Waals surface area contributed by atoms with Gasteiger partial charge in [0.15, 0.2) is 0 Å². The van der Waals surface area contributed by atoms with Crippen LogP contribution >= 0.6 is 0 Å². The van der Waals surface area contributed by atoms with Crippen LogP contribution < -0.4 is 10.9 Å². The summed E-state index contributed by atoms with van der Waals surface area (Å²) >= 11 is 0. The number of nitrogens with zero attached hydrogens (tertiary/aromatic N) is 2. The fourth-order valence-corrected chi connectivity index (χ4v) is 2.40. The SMILES string of the molecule is CN(C)C(CNC(=O)c1cc([N+](=O)[O-])c[nH]c1=O)c1c(F)cccc1F. The number of carbonyl (C=O) groups is 1. The van der Waals surface area contributed by atoms with Crippen LogP contribution in [-0.4, -0.2) is 41.4 Å². The van der Waals surface area contributed by atoms with E-state index in [1.165, 1.54) is 11.0 Å². The Labute approximate surface area is 146 Å². The minimum atomic E-state index is -0.890. The molecule has 0 saturated heterocycles. The number of aromatic nitrogens is 1. The molecule has 0 fully saturated rings. The van der Waals surface area contributed by atoms with Crippen molar-refractivity contribution in [2.75, 3.05) is 20.6 Å². The first kappa shape index (κ1) is 19.2. The van der Waals surface area contributed by atoms with Gasteiger partial charge in [-0.2, -0.15) is 0 Å². The molecule has 2 aromatic rings. The first-order valence-electron chi connectivity index (χ1n) is 7.48. The van der Waals surface area contributed by atoms with E-state index in [2.05, 4.69) is 10.3 Å². The van der Waals surface area contributed by atoms with Crippen molar-refractivity contribution in [3.05, 3.63) is 73.7 Å². The molecule has 138 valence electrons. The highest BCUT2D eigenvalue weighted by molar-refractivity contribution is 5.94. The molecule has 0 aliphatic carbocycles. The molecule has 1 atom stereocenters. The molecule has 10 heteroatoms. The summed E-state index contributed by atoms with van der Waals surface area (Å²) in [5.74, 6) is -2.43. The molecule has 0 aliphatic heterocycles. The van der Waals surface area contributed by atoms with Crippen LogP contribution in [0.1, 0.15) is 22.0 Å². The maximum atomic E-state index is 14.0. The molecule has 1 aromatic heterocycles. The Balaban J connectivity index is 2.25. The van der Waals surface area contributed by atoms with E-state index < -0.39 is 45.3 Å². The number of amides is 1. The van der Waals surface area contributed by atoms with Gasteiger partial charge >= 0.3 is 0 Å². The van der Waals surface area contributed by atoms with E-state index in [1.54, 1.807) is 14.1 Å². The van der Waals surface area contributed by atoms with E-state index in [0.717, 1.165) is 24.4 Å². The fourth-order valence-electron chi connectivity index (χ4n) is 2.40. The van der Waals surface area contributed by atoms with Crippen LogP contribution in [0, 0.1) is 21.7 Å². The molecule has 1 amide bonds. The van der Waals surface area contributed by atoms with E-state index in [4.69, 9.17) is 0 Å². The minimum Gasteiger partial charge on any atom is -0.350 e. The molecule has 0 bridgehead atoms. The van der Waals surface area contributed by atoms with Crippen LogP contribution in [0.3, 0.4) is 0 Å². The topological polar surface area (TPSA) is 108 Å². The third-order valence-electron chi connectivity index (χ3n) is 3.76. The number of carbonyl (C=O) groups excluding carboxylic acids is 1. The van der Waals surface area contributed by atoms with E-state index in [1.807, 2.05) is 0 Å². The molecule has 2 rings (SSSR count). The molecule has 1 heterocycles. The number of halogens is 2. The van der Waals surface area contributed by atoms with Crippen molar-refractivity contribution in [2.45, 2.75) is 6.04 Å². The number of pyridine rings is 1. The Morgan fingerprint density at radius 2 is 1.96 bits per heavy atom. The lowest BCUT2D eigenvalue weighted by atomic mass is 10.0. The van der Waals surface area contributed by atoms with Crippen molar-refractivity contribution in [2.24, 2.45) is 0 Å². The van der Waals surface area contributed by atoms with Crippen molar-refractivity contribution in [1.82, 2.24) is 15.2 Å². The van der Waals surface area contributed by atoms with Gasteiger partial charge in [-0.1, -0.05) is 6.07 Å². The Hall–Kier alpha value is -3.14. The van der Waals surface area contributed by atoms with E-state index in [0.29, 0.717) is 0 Å². The second-order valence-corrected chi connectivity index (χ2v) is 5.68. The zero-order valence-corrected chi connectivity index (χ0v) is 14.0. The molecule has 1 aromatic carbocycles. The van der Waals surface area contributed by atoms with Crippen LogP contribution in [0.5, 0.6) is 0 Å². The van der Waals surface area contributed by atoms with Crippen molar-refractivity contribution < 1.29 is 18.5 Å². The maximum absolute atomic E-state index is 14.0. The predicted octanol–water partition coefficient (Wildman–Crippen LogP) is 1.59. The highest BCUT2D eigenvalue weighted by atomic mass is 19.1. The second-order valence-electron chi connectivity index (χ2n) is 5.68. The Morgan fingerprint density at radius 3 is 2.50 bits per heavy atom. The number of nitrogens with one attached hydrogen (secondary N) is 2. The Kier molecular flexibility index (Phi) is 5.78. The van der Waals surface area contributed by atoms with E-state index in [9.17, 15) is 28.5 Å². The number of likely N-dealkylation sites (N-methyl/N-ethyl adjacent to an activating group) is 1. The van der Waals surface area contributed by atoms with Gasteiger partial charge in [-0.05, 0) is 26.2 Å². The monoisotopic (exact) mass is 366 g/mol. The predicted molar refractivity (Wildman–Crippen MR) is 88.8 cm³/mol. The second kappa shape index (κ2) is 7.83. The number of hydrogen-bond acceptors (Lipinski definition) is 5. The molecule has 0 aliphatic rings. The highest BCUT2D eigenvalue weighted by Crippen LogP contribution is 2.24. The molecule has 26 heavy (non-hydrogen) atoms. The molecule has 0 saturated carbocycles. The van der Waals surface area contributed by atoms with Gasteiger partial charge in [-0.25, -0.2) is 8.78 Å². The van der Waals surface area contributed by atoms with Gasteiger partial charge < -0.3 is 15.2 Å². The molecule has 0 spiro atoms. The summed E-state index contributed by atoms with van der Waals surface area (Å²) in [5, 5.41) is 13.1. The van der Waals surface area contributed by atoms with Gasteiger partial charge in [0.25, 0.3) is 17.2 Å². The zero-order valence-electron chi connectivity index (χ0n) is 14.0. The smallest absolute Gasteiger partial charge is 0.286 e. The number of nitro groups is 1. The standard InChI is InChI=1S/C16H16F2N4O4/c1-21(2)13(14-11(17)4-3-5-12(14)18)8-20-16(24)10-6-9(22(25)26)7-19-15(10)23/h3-7,13H,8H2,1-2H3,(H,19,23)(H,20,24). The van der Waals surface area contributed by atoms with Gasteiger partial charge in [0.2, 0.25) is 0 Å². The number of hydrogen-bond donors (Lipinski definition) is 2. The zero-order chi connectivity index (χ0) is 19.4. The summed E-state index contributed by atoms with van der Waals surface area (Å²) in [5.41, 5.74) is -1.97. The Bertz CT molecular complexity index is 878. The average molecular weight is 366 g/mol. The molecule has 2 N–H and O–H groups in total. The van der Waals surface area contributed by atoms with Gasteiger partial charge in [0.05, 0.1) is 17.2 Å². The van der Waals surface area contributed by atoms with Crippen molar-refractivity contribution >= 4 is 11.6 Å². The summed E-state index contributed by atoms with van der Waals surface area (Å²) in [6.07, 6.45) is 0.871. The van der Waals surface area contributed by atoms with E-state index >= 15 is 0 Å². The third kappa shape index (κ3) is 4.09. The van der Waals surface area contributed by atoms with Crippen molar-refractivity contribution in [1.29, 1.82) is 0 Å². The van der Waals surface area contributed by atoms with Crippen LogP contribution in [0.25, 0.3) is 0 Å². The van der Waals surface area contributed by atoms with Crippen LogP contribution in [-0.2, 0) is 0 Å². The lowest BCUT2D eigenvalue weighted by Gasteiger charge is -2.25. The molecular weight excluding hydrogens is 350 g/mol. The normalized spacial score (nSPS) is 12.0. The van der Waals surface area contributed by atoms with Crippen LogP contribution in [0.4, 0.5) is 14.5 Å². The van der Waals surface area contributed by atoms with Crippen LogP contribution in [0.2, 0.25) is 0 Å². The van der Waals surface area contributed by atoms with Gasteiger partial charge in [0.1, 0.15) is 17.2 Å². The van der Waals surface area contributed by atoms with Gasteiger partial charge in [-0.3, -0.25) is 19.7 Å². The maximum Gasteiger partial charge on any atom is 0.286 e. The number of benzene rings is 1. The molecule has 0 radical (unpaired) electrons. The molecular formula is C16H16F2N4O4. The number of H-pyrrole nitrogens is 1. The van der Waals surface area contributed by atoms with Gasteiger partial charge in [-0.15, -0.1) is 0 Å². The minimum absolute atomic E-state index is 0.216.